The molecule has 34 heavy (non-hydrogen) atoms. The standard InChI is InChI=1S/C27H29N3O3S/c1-16(2)32-23-12-9-17(13-18(23)14-28)25-29-15-24(34-25)21-8-6-7-20-19(21)10-11-22(20)30-26(31)33-27(3,4)5/h6-9,12-13,15-16,22H,10-11H2,1-5H3,(H,30,31)/t22-/m0/s1. The van der Waals surface area contributed by atoms with Crippen LogP contribution in [0.1, 0.15) is 63.8 Å². The molecule has 0 unspecified atom stereocenters. The van der Waals surface area contributed by atoms with Crippen LogP contribution in [0.25, 0.3) is 21.0 Å². The lowest BCUT2D eigenvalue weighted by molar-refractivity contribution is 0.0503. The molecule has 1 atom stereocenters. The third-order valence-electron chi connectivity index (χ3n) is 5.44. The summed E-state index contributed by atoms with van der Waals surface area (Å²) >= 11 is 1.59. The maximum Gasteiger partial charge on any atom is 0.408 e. The van der Waals surface area contributed by atoms with Crippen LogP contribution >= 0.6 is 11.3 Å². The van der Waals surface area contributed by atoms with E-state index < -0.39 is 11.7 Å². The van der Waals surface area contributed by atoms with Crippen molar-refractivity contribution in [2.45, 2.75) is 65.2 Å². The number of fused-ring (bicyclic) bond motifs is 1. The Morgan fingerprint density at radius 1 is 1.26 bits per heavy atom. The Labute approximate surface area is 204 Å². The normalized spacial score (nSPS) is 15.0. The van der Waals surface area contributed by atoms with E-state index in [4.69, 9.17) is 9.47 Å². The van der Waals surface area contributed by atoms with Gasteiger partial charge in [-0.3, -0.25) is 0 Å². The highest BCUT2D eigenvalue weighted by Crippen LogP contribution is 2.41. The van der Waals surface area contributed by atoms with E-state index in [0.29, 0.717) is 11.3 Å². The van der Waals surface area contributed by atoms with Crippen molar-refractivity contribution in [3.63, 3.8) is 0 Å². The summed E-state index contributed by atoms with van der Waals surface area (Å²) in [5.41, 5.74) is 4.35. The van der Waals surface area contributed by atoms with Gasteiger partial charge in [0.05, 0.1) is 22.6 Å². The second-order valence-corrected chi connectivity index (χ2v) is 10.7. The fourth-order valence-corrected chi connectivity index (χ4v) is 5.09. The van der Waals surface area contributed by atoms with Gasteiger partial charge in [0.2, 0.25) is 0 Å². The third-order valence-corrected chi connectivity index (χ3v) is 6.52. The molecule has 176 valence electrons. The summed E-state index contributed by atoms with van der Waals surface area (Å²) in [4.78, 5) is 18.0. The minimum absolute atomic E-state index is 0.00164. The van der Waals surface area contributed by atoms with Gasteiger partial charge in [0.25, 0.3) is 0 Å². The van der Waals surface area contributed by atoms with Crippen LogP contribution in [0.3, 0.4) is 0 Å². The number of nitrogens with zero attached hydrogens (tertiary/aromatic N) is 2. The second-order valence-electron chi connectivity index (χ2n) is 9.63. The molecule has 0 saturated heterocycles. The minimum Gasteiger partial charge on any atom is -0.490 e. The summed E-state index contributed by atoms with van der Waals surface area (Å²) < 4.78 is 11.2. The lowest BCUT2D eigenvalue weighted by Crippen LogP contribution is -2.34. The van der Waals surface area contributed by atoms with Crippen LogP contribution in [0.5, 0.6) is 5.75 Å². The van der Waals surface area contributed by atoms with Gasteiger partial charge in [0, 0.05) is 11.8 Å². The first-order valence-corrected chi connectivity index (χ1v) is 12.2. The van der Waals surface area contributed by atoms with Gasteiger partial charge in [-0.25, -0.2) is 9.78 Å². The largest absolute Gasteiger partial charge is 0.490 e. The summed E-state index contributed by atoms with van der Waals surface area (Å²) in [6, 6.07) is 14.0. The van der Waals surface area contributed by atoms with Crippen LogP contribution in [-0.4, -0.2) is 22.8 Å². The molecule has 0 radical (unpaired) electrons. The lowest BCUT2D eigenvalue weighted by atomic mass is 10.0. The number of carbonyl (C=O) groups is 1. The number of carbonyl (C=O) groups excluding carboxylic acids is 1. The number of benzene rings is 2. The van der Waals surface area contributed by atoms with Crippen LogP contribution < -0.4 is 10.1 Å². The molecule has 1 aliphatic carbocycles. The Balaban J connectivity index is 1.58. The molecule has 7 heteroatoms. The zero-order valence-corrected chi connectivity index (χ0v) is 21.0. The SMILES string of the molecule is CC(C)Oc1ccc(-c2ncc(-c3cccc4c3CC[C@@H]4NC(=O)OC(C)(C)C)s2)cc1C#N. The van der Waals surface area contributed by atoms with Crippen LogP contribution in [0, 0.1) is 11.3 Å². The second kappa shape index (κ2) is 9.47. The first-order chi connectivity index (χ1) is 16.1. The molecule has 1 aliphatic rings. The van der Waals surface area contributed by atoms with E-state index in [0.717, 1.165) is 39.4 Å². The predicted molar refractivity (Wildman–Crippen MR) is 134 cm³/mol. The van der Waals surface area contributed by atoms with Gasteiger partial charge in [0.1, 0.15) is 22.4 Å². The summed E-state index contributed by atoms with van der Waals surface area (Å²) in [5, 5.41) is 13.4. The molecule has 1 aromatic heterocycles. The van der Waals surface area contributed by atoms with E-state index >= 15 is 0 Å². The Kier molecular flexibility index (Phi) is 6.63. The number of thiazole rings is 1. The van der Waals surface area contributed by atoms with E-state index in [2.05, 4.69) is 28.5 Å². The van der Waals surface area contributed by atoms with Crippen LogP contribution in [0.2, 0.25) is 0 Å². The number of alkyl carbamates (subject to hydrolysis) is 1. The van der Waals surface area contributed by atoms with E-state index in [1.807, 2.05) is 65.1 Å². The Morgan fingerprint density at radius 2 is 2.06 bits per heavy atom. The molecule has 0 spiro atoms. The maximum absolute atomic E-state index is 12.3. The molecule has 1 heterocycles. The average molecular weight is 476 g/mol. The monoisotopic (exact) mass is 475 g/mol. The van der Waals surface area contributed by atoms with Crippen molar-refractivity contribution in [3.8, 4) is 32.8 Å². The molecule has 1 amide bonds. The van der Waals surface area contributed by atoms with Gasteiger partial charge in [-0.2, -0.15) is 5.26 Å². The number of amides is 1. The number of ether oxygens (including phenoxy) is 2. The Bertz CT molecular complexity index is 1250. The number of hydrogen-bond acceptors (Lipinski definition) is 6. The molecule has 1 N–H and O–H groups in total. The molecule has 6 nitrogen and oxygen atoms in total. The van der Waals surface area contributed by atoms with Crippen molar-refractivity contribution in [2.24, 2.45) is 0 Å². The zero-order valence-electron chi connectivity index (χ0n) is 20.1. The number of hydrogen-bond donors (Lipinski definition) is 1. The molecule has 0 saturated carbocycles. The van der Waals surface area contributed by atoms with Crippen molar-refractivity contribution in [3.05, 3.63) is 59.3 Å². The van der Waals surface area contributed by atoms with Gasteiger partial charge in [-0.1, -0.05) is 18.2 Å². The summed E-state index contributed by atoms with van der Waals surface area (Å²) in [6.07, 6.45) is 3.20. The van der Waals surface area contributed by atoms with E-state index in [1.54, 1.807) is 11.3 Å². The fraction of sp³-hybridized carbons (Fsp3) is 0.370. The van der Waals surface area contributed by atoms with Gasteiger partial charge >= 0.3 is 6.09 Å². The van der Waals surface area contributed by atoms with E-state index in [-0.39, 0.29) is 12.1 Å². The smallest absolute Gasteiger partial charge is 0.408 e. The van der Waals surface area contributed by atoms with Crippen molar-refractivity contribution >= 4 is 17.4 Å². The lowest BCUT2D eigenvalue weighted by Gasteiger charge is -2.22. The van der Waals surface area contributed by atoms with Gasteiger partial charge < -0.3 is 14.8 Å². The predicted octanol–water partition coefficient (Wildman–Crippen LogP) is 6.65. The number of nitrogens with one attached hydrogen (secondary N) is 1. The quantitative estimate of drug-likeness (QED) is 0.447. The highest BCUT2D eigenvalue weighted by molar-refractivity contribution is 7.18. The summed E-state index contributed by atoms with van der Waals surface area (Å²) in [7, 11) is 0. The van der Waals surface area contributed by atoms with Crippen molar-refractivity contribution in [1.29, 1.82) is 5.26 Å². The molecular formula is C27H29N3O3S. The zero-order chi connectivity index (χ0) is 24.5. The van der Waals surface area contributed by atoms with Gasteiger partial charge in [0.15, 0.2) is 0 Å². The number of aromatic nitrogens is 1. The van der Waals surface area contributed by atoms with Crippen molar-refractivity contribution in [2.75, 3.05) is 0 Å². The number of rotatable bonds is 5. The van der Waals surface area contributed by atoms with Crippen LogP contribution in [0.4, 0.5) is 4.79 Å². The summed E-state index contributed by atoms with van der Waals surface area (Å²) in [5.74, 6) is 0.586. The van der Waals surface area contributed by atoms with Gasteiger partial charge in [-0.15, -0.1) is 11.3 Å². The molecule has 3 aromatic rings. The fourth-order valence-electron chi connectivity index (χ4n) is 4.12. The van der Waals surface area contributed by atoms with Crippen molar-refractivity contribution in [1.82, 2.24) is 10.3 Å². The van der Waals surface area contributed by atoms with Crippen LogP contribution in [-0.2, 0) is 11.2 Å². The third kappa shape index (κ3) is 5.23. The topological polar surface area (TPSA) is 84.2 Å². The molecule has 0 aliphatic heterocycles. The highest BCUT2D eigenvalue weighted by atomic mass is 32.1. The van der Waals surface area contributed by atoms with Gasteiger partial charge in [-0.05, 0) is 82.3 Å². The minimum atomic E-state index is -0.531. The Morgan fingerprint density at radius 3 is 2.76 bits per heavy atom. The first-order valence-electron chi connectivity index (χ1n) is 11.4. The molecule has 0 bridgehead atoms. The molecule has 2 aromatic carbocycles. The highest BCUT2D eigenvalue weighted by Gasteiger charge is 2.28. The Hall–Kier alpha value is -3.37. The molecular weight excluding hydrogens is 446 g/mol. The average Bonchev–Trinajstić information content (AvgIpc) is 3.40. The van der Waals surface area contributed by atoms with Crippen LogP contribution in [0.15, 0.2) is 42.6 Å². The van der Waals surface area contributed by atoms with E-state index in [9.17, 15) is 10.1 Å². The number of nitriles is 1. The maximum atomic E-state index is 12.3. The molecule has 0 fully saturated rings. The van der Waals surface area contributed by atoms with Crippen molar-refractivity contribution < 1.29 is 14.3 Å². The first kappa shape index (κ1) is 23.8. The van der Waals surface area contributed by atoms with E-state index in [1.165, 1.54) is 5.56 Å². The molecule has 4 rings (SSSR count). The summed E-state index contributed by atoms with van der Waals surface area (Å²) in [6.45, 7) is 9.46.